The minimum absolute atomic E-state index is 0.00862. The molecule has 31 heavy (non-hydrogen) atoms. The monoisotopic (exact) mass is 438 g/mol. The normalized spacial score (nSPS) is 14.9. The lowest BCUT2D eigenvalue weighted by Crippen LogP contribution is -2.47. The molecule has 0 saturated carbocycles. The van der Waals surface area contributed by atoms with Gasteiger partial charge in [-0.05, 0) is 36.6 Å². The number of anilines is 2. The van der Waals surface area contributed by atoms with Crippen LogP contribution in [0.15, 0.2) is 54.0 Å². The zero-order valence-corrected chi connectivity index (χ0v) is 18.5. The summed E-state index contributed by atoms with van der Waals surface area (Å²) in [6.07, 6.45) is 1.82. The zero-order valence-electron chi connectivity index (χ0n) is 17.7. The number of hydrogen-bond acceptors (Lipinski definition) is 8. The molecular formula is C22H26N6O2S. The van der Waals surface area contributed by atoms with Crippen molar-refractivity contribution in [3.8, 4) is 5.88 Å². The second-order valence-corrected chi connectivity index (χ2v) is 8.36. The first-order valence-corrected chi connectivity index (χ1v) is 11.2. The van der Waals surface area contributed by atoms with Crippen molar-refractivity contribution in [2.75, 3.05) is 49.6 Å². The van der Waals surface area contributed by atoms with Gasteiger partial charge in [-0.3, -0.25) is 4.79 Å². The highest BCUT2D eigenvalue weighted by atomic mass is 32.1. The van der Waals surface area contributed by atoms with Crippen molar-refractivity contribution >= 4 is 28.9 Å². The van der Waals surface area contributed by atoms with Crippen LogP contribution in [0.1, 0.15) is 17.8 Å². The third-order valence-corrected chi connectivity index (χ3v) is 6.52. The number of ether oxygens (including phenoxy) is 1. The van der Waals surface area contributed by atoms with Gasteiger partial charge < -0.3 is 19.4 Å². The van der Waals surface area contributed by atoms with Crippen molar-refractivity contribution in [2.24, 2.45) is 0 Å². The van der Waals surface area contributed by atoms with Gasteiger partial charge in [0.25, 0.3) is 5.91 Å². The molecular weight excluding hydrogens is 412 g/mol. The lowest BCUT2D eigenvalue weighted by Gasteiger charge is -2.35. The summed E-state index contributed by atoms with van der Waals surface area (Å²) in [6, 6.07) is 13.6. The Morgan fingerprint density at radius 1 is 1.06 bits per heavy atom. The highest BCUT2D eigenvalue weighted by Gasteiger charge is 2.20. The van der Waals surface area contributed by atoms with E-state index in [2.05, 4.69) is 25.0 Å². The number of hydrogen-bond donors (Lipinski definition) is 0. The fourth-order valence-electron chi connectivity index (χ4n) is 3.44. The smallest absolute Gasteiger partial charge is 0.260 e. The van der Waals surface area contributed by atoms with Crippen LogP contribution in [0.25, 0.3) is 0 Å². The summed E-state index contributed by atoms with van der Waals surface area (Å²) in [7, 11) is 1.79. The van der Waals surface area contributed by atoms with E-state index < -0.39 is 0 Å². The second-order valence-electron chi connectivity index (χ2n) is 7.38. The van der Waals surface area contributed by atoms with Crippen molar-refractivity contribution in [1.82, 2.24) is 20.1 Å². The number of rotatable bonds is 7. The van der Waals surface area contributed by atoms with Gasteiger partial charge in [-0.2, -0.15) is 0 Å². The van der Waals surface area contributed by atoms with Gasteiger partial charge in [0, 0.05) is 50.4 Å². The molecule has 0 radical (unpaired) electrons. The van der Waals surface area contributed by atoms with Gasteiger partial charge in [0.05, 0.1) is 6.04 Å². The molecule has 1 saturated heterocycles. The van der Waals surface area contributed by atoms with E-state index in [1.54, 1.807) is 29.4 Å². The van der Waals surface area contributed by atoms with Crippen LogP contribution in [-0.4, -0.2) is 65.8 Å². The molecule has 1 fully saturated rings. The van der Waals surface area contributed by atoms with E-state index in [0.717, 1.165) is 42.7 Å². The summed E-state index contributed by atoms with van der Waals surface area (Å²) in [6.45, 7) is 5.38. The Kier molecular flexibility index (Phi) is 6.61. The molecule has 1 unspecified atom stereocenters. The van der Waals surface area contributed by atoms with E-state index >= 15 is 0 Å². The van der Waals surface area contributed by atoms with Gasteiger partial charge >= 0.3 is 0 Å². The van der Waals surface area contributed by atoms with Crippen LogP contribution in [0.3, 0.4) is 0 Å². The molecule has 0 aromatic carbocycles. The minimum atomic E-state index is -0.0996. The first kappa shape index (κ1) is 21.0. The largest absolute Gasteiger partial charge is 0.466 e. The molecule has 0 spiro atoms. The third-order valence-electron chi connectivity index (χ3n) is 5.48. The molecule has 4 rings (SSSR count). The minimum Gasteiger partial charge on any atom is -0.466 e. The van der Waals surface area contributed by atoms with E-state index in [0.29, 0.717) is 5.88 Å². The number of aromatic nitrogens is 3. The van der Waals surface area contributed by atoms with Crippen molar-refractivity contribution in [3.05, 3.63) is 58.9 Å². The number of carbonyl (C=O) groups is 1. The van der Waals surface area contributed by atoms with Gasteiger partial charge in [-0.1, -0.05) is 12.1 Å². The van der Waals surface area contributed by atoms with Crippen molar-refractivity contribution in [2.45, 2.75) is 13.0 Å². The van der Waals surface area contributed by atoms with Gasteiger partial charge in [0.1, 0.15) is 5.82 Å². The number of carbonyl (C=O) groups excluding carboxylic acids is 1. The molecule has 4 heterocycles. The standard InChI is InChI=1S/C22H26N6O2S/c1-17(18-6-5-15-31-18)26(2)22(29)16-30-21-9-8-20(24-25-21)28-13-11-27(12-14-28)19-7-3-4-10-23-19/h3-10,15,17H,11-14,16H2,1-2H3. The number of piperazine rings is 1. The molecule has 1 atom stereocenters. The lowest BCUT2D eigenvalue weighted by molar-refractivity contribution is -0.134. The highest BCUT2D eigenvalue weighted by Crippen LogP contribution is 2.23. The molecule has 1 aliphatic heterocycles. The molecule has 8 nitrogen and oxygen atoms in total. The summed E-state index contributed by atoms with van der Waals surface area (Å²) < 4.78 is 5.58. The van der Waals surface area contributed by atoms with Crippen LogP contribution < -0.4 is 14.5 Å². The van der Waals surface area contributed by atoms with Gasteiger partial charge in [0.2, 0.25) is 5.88 Å². The Morgan fingerprint density at radius 2 is 1.84 bits per heavy atom. The average molecular weight is 439 g/mol. The number of pyridine rings is 1. The number of amides is 1. The van der Waals surface area contributed by atoms with Crippen LogP contribution in [0.4, 0.5) is 11.6 Å². The van der Waals surface area contributed by atoms with Crippen LogP contribution in [0.5, 0.6) is 5.88 Å². The summed E-state index contributed by atoms with van der Waals surface area (Å²) in [4.78, 5) is 24.2. The number of nitrogens with zero attached hydrogens (tertiary/aromatic N) is 6. The Labute approximate surface area is 186 Å². The molecule has 3 aromatic rings. The number of thiophene rings is 1. The number of likely N-dealkylation sites (N-methyl/N-ethyl adjacent to an activating group) is 1. The van der Waals surface area contributed by atoms with Crippen LogP contribution in [-0.2, 0) is 4.79 Å². The summed E-state index contributed by atoms with van der Waals surface area (Å²) in [5.41, 5.74) is 0. The average Bonchev–Trinajstić information content (AvgIpc) is 3.38. The van der Waals surface area contributed by atoms with E-state index in [4.69, 9.17) is 4.74 Å². The summed E-state index contributed by atoms with van der Waals surface area (Å²) >= 11 is 1.64. The van der Waals surface area contributed by atoms with Crippen LogP contribution in [0.2, 0.25) is 0 Å². The maximum absolute atomic E-state index is 12.5. The van der Waals surface area contributed by atoms with Gasteiger partial charge in [-0.15, -0.1) is 21.5 Å². The fraction of sp³-hybridized carbons (Fsp3) is 0.364. The molecule has 1 aliphatic rings. The molecule has 0 bridgehead atoms. The van der Waals surface area contributed by atoms with Crippen LogP contribution >= 0.6 is 11.3 Å². The zero-order chi connectivity index (χ0) is 21.6. The maximum atomic E-state index is 12.5. The summed E-state index contributed by atoms with van der Waals surface area (Å²) in [5, 5.41) is 10.5. The predicted molar refractivity (Wildman–Crippen MR) is 122 cm³/mol. The topological polar surface area (TPSA) is 74.7 Å². The highest BCUT2D eigenvalue weighted by molar-refractivity contribution is 7.10. The Hall–Kier alpha value is -3.20. The molecule has 3 aromatic heterocycles. The van der Waals surface area contributed by atoms with E-state index in [-0.39, 0.29) is 18.6 Å². The molecule has 9 heteroatoms. The van der Waals surface area contributed by atoms with E-state index in [1.165, 1.54) is 0 Å². The second kappa shape index (κ2) is 9.74. The molecule has 0 N–H and O–H groups in total. The third kappa shape index (κ3) is 5.11. The summed E-state index contributed by atoms with van der Waals surface area (Å²) in [5.74, 6) is 2.06. The van der Waals surface area contributed by atoms with Gasteiger partial charge in [0.15, 0.2) is 12.4 Å². The maximum Gasteiger partial charge on any atom is 0.260 e. The van der Waals surface area contributed by atoms with Crippen molar-refractivity contribution in [3.63, 3.8) is 0 Å². The molecule has 1 amide bonds. The quantitative estimate of drug-likeness (QED) is 0.561. The first-order chi connectivity index (χ1) is 15.1. The lowest BCUT2D eigenvalue weighted by atomic mass is 10.2. The Morgan fingerprint density at radius 3 is 2.45 bits per heavy atom. The fourth-order valence-corrected chi connectivity index (χ4v) is 4.26. The van der Waals surface area contributed by atoms with Crippen molar-refractivity contribution < 1.29 is 9.53 Å². The first-order valence-electron chi connectivity index (χ1n) is 10.3. The van der Waals surface area contributed by atoms with Crippen LogP contribution in [0, 0.1) is 0 Å². The SMILES string of the molecule is CC(c1cccs1)N(C)C(=O)COc1ccc(N2CCN(c3ccccn3)CC2)nn1. The Balaban J connectivity index is 1.26. The Bertz CT molecular complexity index is 959. The van der Waals surface area contributed by atoms with E-state index in [9.17, 15) is 4.79 Å². The predicted octanol–water partition coefficient (Wildman–Crippen LogP) is 2.86. The van der Waals surface area contributed by atoms with E-state index in [1.807, 2.05) is 54.9 Å². The van der Waals surface area contributed by atoms with Crippen molar-refractivity contribution in [1.29, 1.82) is 0 Å². The van der Waals surface area contributed by atoms with Gasteiger partial charge in [-0.25, -0.2) is 4.98 Å². The molecule has 0 aliphatic carbocycles. The molecule has 162 valence electrons.